The molecule has 1 amide bonds. The number of aromatic nitrogens is 2. The summed E-state index contributed by atoms with van der Waals surface area (Å²) in [5.74, 6) is 0.109. The minimum atomic E-state index is -0.286. The molecule has 2 aromatic rings. The van der Waals surface area contributed by atoms with Crippen LogP contribution >= 0.6 is 11.8 Å². The van der Waals surface area contributed by atoms with Crippen LogP contribution in [0, 0.1) is 13.8 Å². The van der Waals surface area contributed by atoms with Gasteiger partial charge >= 0.3 is 5.69 Å². The van der Waals surface area contributed by atoms with Gasteiger partial charge in [-0.2, -0.15) is 4.98 Å². The number of nitrogens with zero attached hydrogens (tertiary/aromatic N) is 2. The van der Waals surface area contributed by atoms with Crippen LogP contribution in [0.4, 0.5) is 5.69 Å². The molecule has 7 heteroatoms. The molecule has 6 nitrogen and oxygen atoms in total. The van der Waals surface area contributed by atoms with Gasteiger partial charge in [0, 0.05) is 30.1 Å². The number of benzene rings is 1. The molecule has 1 aliphatic carbocycles. The summed E-state index contributed by atoms with van der Waals surface area (Å²) in [7, 11) is 0. The zero-order chi connectivity index (χ0) is 20.1. The summed E-state index contributed by atoms with van der Waals surface area (Å²) >= 11 is 1.33. The number of rotatable bonds is 7. The number of nitrogens with one attached hydrogen (secondary N) is 1. The fourth-order valence-electron chi connectivity index (χ4n) is 3.70. The molecule has 1 aliphatic rings. The third-order valence-electron chi connectivity index (χ3n) is 4.84. The van der Waals surface area contributed by atoms with Gasteiger partial charge in [-0.3, -0.25) is 9.36 Å². The maximum atomic E-state index is 12.5. The van der Waals surface area contributed by atoms with Gasteiger partial charge in [-0.15, -0.1) is 0 Å². The topological polar surface area (TPSA) is 84.2 Å². The van der Waals surface area contributed by atoms with E-state index in [1.807, 2.05) is 26.0 Å². The van der Waals surface area contributed by atoms with Crippen LogP contribution in [0.2, 0.25) is 0 Å². The fraction of sp³-hybridized carbons (Fsp3) is 0.476. The molecule has 0 bridgehead atoms. The van der Waals surface area contributed by atoms with Gasteiger partial charge in [-0.25, -0.2) is 4.79 Å². The molecule has 1 aromatic heterocycles. The van der Waals surface area contributed by atoms with Crippen molar-refractivity contribution in [3.05, 3.63) is 51.1 Å². The van der Waals surface area contributed by atoms with E-state index in [0.29, 0.717) is 18.0 Å². The number of anilines is 1. The molecular formula is C21H27N3O3S. The number of amides is 1. The van der Waals surface area contributed by atoms with Crippen LogP contribution in [0.5, 0.6) is 0 Å². The van der Waals surface area contributed by atoms with E-state index >= 15 is 0 Å². The first-order valence-electron chi connectivity index (χ1n) is 9.72. The molecule has 0 aliphatic heterocycles. The Morgan fingerprint density at radius 2 is 1.93 bits per heavy atom. The summed E-state index contributed by atoms with van der Waals surface area (Å²) in [5, 5.41) is 12.7. The zero-order valence-electron chi connectivity index (χ0n) is 16.5. The van der Waals surface area contributed by atoms with E-state index in [0.717, 1.165) is 53.8 Å². The van der Waals surface area contributed by atoms with Crippen molar-refractivity contribution in [1.82, 2.24) is 9.55 Å². The number of hydrogen-bond donors (Lipinski definition) is 2. The molecule has 150 valence electrons. The number of hydrogen-bond acceptors (Lipinski definition) is 5. The second kappa shape index (κ2) is 9.39. The van der Waals surface area contributed by atoms with Gasteiger partial charge in [-0.05, 0) is 69.2 Å². The first-order valence-corrected chi connectivity index (χ1v) is 10.7. The fourth-order valence-corrected chi connectivity index (χ4v) is 4.58. The lowest BCUT2D eigenvalue weighted by Gasteiger charge is -2.22. The minimum Gasteiger partial charge on any atom is -0.396 e. The molecule has 1 aromatic carbocycles. The van der Waals surface area contributed by atoms with Crippen molar-refractivity contribution in [2.45, 2.75) is 57.5 Å². The summed E-state index contributed by atoms with van der Waals surface area (Å²) in [5.41, 5.74) is 4.82. The van der Waals surface area contributed by atoms with Crippen molar-refractivity contribution in [2.24, 2.45) is 0 Å². The van der Waals surface area contributed by atoms with Crippen LogP contribution < -0.4 is 11.0 Å². The van der Waals surface area contributed by atoms with Crippen LogP contribution in [0.25, 0.3) is 0 Å². The maximum absolute atomic E-state index is 12.5. The van der Waals surface area contributed by atoms with E-state index in [9.17, 15) is 9.59 Å². The SMILES string of the molecule is Cc1cc(C)cc(NC(=O)CSc2nc(=O)n(CCCO)c3c2CCCC3)c1. The Bertz CT molecular complexity index is 904. The highest BCUT2D eigenvalue weighted by molar-refractivity contribution is 8.00. The van der Waals surface area contributed by atoms with Gasteiger partial charge in [0.25, 0.3) is 0 Å². The van der Waals surface area contributed by atoms with Crippen LogP contribution in [0.15, 0.2) is 28.0 Å². The second-order valence-corrected chi connectivity index (χ2v) is 8.24. The van der Waals surface area contributed by atoms with Gasteiger partial charge in [0.2, 0.25) is 5.91 Å². The third kappa shape index (κ3) is 5.02. The van der Waals surface area contributed by atoms with Crippen LogP contribution in [-0.4, -0.2) is 32.9 Å². The number of aryl methyl sites for hydroxylation is 2. The van der Waals surface area contributed by atoms with Crippen molar-refractivity contribution in [1.29, 1.82) is 0 Å². The minimum absolute atomic E-state index is 0.0519. The number of thioether (sulfide) groups is 1. The van der Waals surface area contributed by atoms with Crippen LogP contribution in [0.1, 0.15) is 41.6 Å². The number of carbonyl (C=O) groups is 1. The van der Waals surface area contributed by atoms with Gasteiger partial charge in [0.1, 0.15) is 5.03 Å². The van der Waals surface area contributed by atoms with Crippen molar-refractivity contribution in [3.63, 3.8) is 0 Å². The standard InChI is InChI=1S/C21H27N3O3S/c1-14-10-15(2)12-16(11-14)22-19(26)13-28-20-17-6-3-4-7-18(17)24(8-5-9-25)21(27)23-20/h10-12,25H,3-9,13H2,1-2H3,(H,22,26). The highest BCUT2D eigenvalue weighted by Gasteiger charge is 2.21. The Hall–Kier alpha value is -2.12. The average molecular weight is 402 g/mol. The van der Waals surface area contributed by atoms with Gasteiger partial charge in [0.15, 0.2) is 0 Å². The predicted molar refractivity (Wildman–Crippen MR) is 112 cm³/mol. The Balaban J connectivity index is 1.74. The summed E-state index contributed by atoms with van der Waals surface area (Å²) in [4.78, 5) is 29.1. The van der Waals surface area contributed by atoms with E-state index < -0.39 is 0 Å². The van der Waals surface area contributed by atoms with Crippen molar-refractivity contribution in [3.8, 4) is 0 Å². The molecule has 0 saturated heterocycles. The quantitative estimate of drug-likeness (QED) is 0.551. The maximum Gasteiger partial charge on any atom is 0.348 e. The molecule has 0 fully saturated rings. The van der Waals surface area contributed by atoms with Crippen molar-refractivity contribution in [2.75, 3.05) is 17.7 Å². The second-order valence-electron chi connectivity index (χ2n) is 7.27. The largest absolute Gasteiger partial charge is 0.396 e. The Morgan fingerprint density at radius 1 is 1.21 bits per heavy atom. The first kappa shape index (κ1) is 20.6. The molecule has 28 heavy (non-hydrogen) atoms. The Labute approximate surface area is 169 Å². The lowest BCUT2D eigenvalue weighted by Crippen LogP contribution is -2.30. The van der Waals surface area contributed by atoms with Crippen molar-refractivity contribution >= 4 is 23.4 Å². The highest BCUT2D eigenvalue weighted by atomic mass is 32.2. The smallest absolute Gasteiger partial charge is 0.348 e. The summed E-state index contributed by atoms with van der Waals surface area (Å²) in [6.07, 6.45) is 4.38. The van der Waals surface area contributed by atoms with Crippen molar-refractivity contribution < 1.29 is 9.90 Å². The Morgan fingerprint density at radius 3 is 2.64 bits per heavy atom. The summed E-state index contributed by atoms with van der Waals surface area (Å²) < 4.78 is 1.70. The molecule has 0 radical (unpaired) electrons. The first-order chi connectivity index (χ1) is 13.5. The molecule has 0 spiro atoms. The van der Waals surface area contributed by atoms with Gasteiger partial charge in [0.05, 0.1) is 5.75 Å². The number of fused-ring (bicyclic) bond motifs is 1. The molecule has 3 rings (SSSR count). The monoisotopic (exact) mass is 401 g/mol. The molecule has 0 saturated carbocycles. The number of aliphatic hydroxyl groups is 1. The lowest BCUT2D eigenvalue weighted by atomic mass is 9.97. The van der Waals surface area contributed by atoms with E-state index in [1.165, 1.54) is 11.8 Å². The summed E-state index contributed by atoms with van der Waals surface area (Å²) in [6.45, 7) is 4.54. The van der Waals surface area contributed by atoms with Gasteiger partial charge < -0.3 is 10.4 Å². The van der Waals surface area contributed by atoms with Crippen LogP contribution in [0.3, 0.4) is 0 Å². The molecular weight excluding hydrogens is 374 g/mol. The molecule has 1 heterocycles. The third-order valence-corrected chi connectivity index (χ3v) is 5.85. The Kier molecular flexibility index (Phi) is 6.91. The summed E-state index contributed by atoms with van der Waals surface area (Å²) in [6, 6.07) is 5.95. The van der Waals surface area contributed by atoms with Gasteiger partial charge in [-0.1, -0.05) is 17.8 Å². The highest BCUT2D eigenvalue weighted by Crippen LogP contribution is 2.28. The molecule has 2 N–H and O–H groups in total. The number of carbonyl (C=O) groups excluding carboxylic acids is 1. The zero-order valence-corrected chi connectivity index (χ0v) is 17.3. The normalized spacial score (nSPS) is 13.2. The van der Waals surface area contributed by atoms with E-state index in [4.69, 9.17) is 5.11 Å². The van der Waals surface area contributed by atoms with Crippen LogP contribution in [-0.2, 0) is 24.2 Å². The lowest BCUT2D eigenvalue weighted by molar-refractivity contribution is -0.113. The number of aliphatic hydroxyl groups excluding tert-OH is 1. The molecule has 0 atom stereocenters. The van der Waals surface area contributed by atoms with E-state index in [1.54, 1.807) is 4.57 Å². The van der Waals surface area contributed by atoms with E-state index in [2.05, 4.69) is 16.4 Å². The van der Waals surface area contributed by atoms with E-state index in [-0.39, 0.29) is 24.0 Å². The molecule has 0 unspecified atom stereocenters. The predicted octanol–water partition coefficient (Wildman–Crippen LogP) is 2.85. The average Bonchev–Trinajstić information content (AvgIpc) is 2.65.